The second kappa shape index (κ2) is 9.40. The van der Waals surface area contributed by atoms with Gasteiger partial charge in [-0.3, -0.25) is 4.79 Å². The van der Waals surface area contributed by atoms with E-state index >= 15 is 0 Å². The lowest BCUT2D eigenvalue weighted by Crippen LogP contribution is -2.51. The molecule has 2 aromatic rings. The first-order valence-electron chi connectivity index (χ1n) is 11.2. The van der Waals surface area contributed by atoms with Gasteiger partial charge in [0.2, 0.25) is 15.9 Å². The highest BCUT2D eigenvalue weighted by Gasteiger charge is 2.37. The minimum absolute atomic E-state index is 0.0243. The average Bonchev–Trinajstić information content (AvgIpc) is 3.08. The number of carbonyl (C=O) groups excluding carboxylic acids is 1. The Labute approximate surface area is 185 Å². The van der Waals surface area contributed by atoms with E-state index in [1.807, 2.05) is 48.5 Å². The summed E-state index contributed by atoms with van der Waals surface area (Å²) in [5.41, 5.74) is 3.85. The maximum atomic E-state index is 13.2. The molecule has 1 amide bonds. The Morgan fingerprint density at radius 1 is 0.968 bits per heavy atom. The number of amides is 1. The normalized spacial score (nSPS) is 20.0. The standard InChI is InChI=1S/C24H31N3O3S/c1-2-31(29,30)27-18-20-10-6-5-9-19(20)17-23(27)24(28)25-21-11-13-22(14-12-21)26-15-7-3-4-8-16-26/h5-6,9-14,23H,2-4,7-8,15-18H2,1H3,(H,25,28)/t23-/m0/s1. The Hall–Kier alpha value is -2.38. The van der Waals surface area contributed by atoms with Crippen molar-refractivity contribution in [1.29, 1.82) is 0 Å². The molecule has 1 fully saturated rings. The molecule has 0 bridgehead atoms. The molecule has 166 valence electrons. The highest BCUT2D eigenvalue weighted by molar-refractivity contribution is 7.89. The Bertz CT molecular complexity index is 1010. The van der Waals surface area contributed by atoms with Gasteiger partial charge in [0.05, 0.1) is 5.75 Å². The molecule has 0 aliphatic carbocycles. The summed E-state index contributed by atoms with van der Waals surface area (Å²) < 4.78 is 26.8. The molecule has 2 heterocycles. The summed E-state index contributed by atoms with van der Waals surface area (Å²) >= 11 is 0. The molecular weight excluding hydrogens is 410 g/mol. The monoisotopic (exact) mass is 441 g/mol. The molecule has 7 heteroatoms. The molecule has 0 aromatic heterocycles. The number of hydrogen-bond acceptors (Lipinski definition) is 4. The van der Waals surface area contributed by atoms with Crippen molar-refractivity contribution in [2.45, 2.75) is 51.6 Å². The van der Waals surface area contributed by atoms with Crippen molar-refractivity contribution in [3.8, 4) is 0 Å². The predicted octanol–water partition coefficient (Wildman–Crippen LogP) is 3.78. The number of sulfonamides is 1. The molecule has 2 aromatic carbocycles. The van der Waals surface area contributed by atoms with Gasteiger partial charge in [0, 0.05) is 31.0 Å². The van der Waals surface area contributed by atoms with Gasteiger partial charge >= 0.3 is 0 Å². The third-order valence-corrected chi connectivity index (χ3v) is 8.16. The van der Waals surface area contributed by atoms with E-state index in [1.54, 1.807) is 6.92 Å². The van der Waals surface area contributed by atoms with Crippen molar-refractivity contribution < 1.29 is 13.2 Å². The van der Waals surface area contributed by atoms with Gasteiger partial charge in [-0.2, -0.15) is 4.31 Å². The lowest BCUT2D eigenvalue weighted by Gasteiger charge is -2.34. The van der Waals surface area contributed by atoms with Crippen LogP contribution in [0.4, 0.5) is 11.4 Å². The Balaban J connectivity index is 1.51. The maximum Gasteiger partial charge on any atom is 0.243 e. The molecule has 0 spiro atoms. The highest BCUT2D eigenvalue weighted by Crippen LogP contribution is 2.27. The average molecular weight is 442 g/mol. The zero-order valence-corrected chi connectivity index (χ0v) is 18.9. The van der Waals surface area contributed by atoms with E-state index in [1.165, 1.54) is 35.7 Å². The second-order valence-electron chi connectivity index (χ2n) is 8.37. The van der Waals surface area contributed by atoms with Crippen LogP contribution in [0.1, 0.15) is 43.7 Å². The SMILES string of the molecule is CCS(=O)(=O)N1Cc2ccccc2C[C@H]1C(=O)Nc1ccc(N2CCCCCC2)cc1. The number of carbonyl (C=O) groups is 1. The Morgan fingerprint density at radius 3 is 2.26 bits per heavy atom. The van der Waals surface area contributed by atoms with E-state index < -0.39 is 16.1 Å². The molecule has 1 saturated heterocycles. The topological polar surface area (TPSA) is 69.7 Å². The highest BCUT2D eigenvalue weighted by atomic mass is 32.2. The van der Waals surface area contributed by atoms with E-state index in [0.717, 1.165) is 24.2 Å². The number of hydrogen-bond donors (Lipinski definition) is 1. The number of fused-ring (bicyclic) bond motifs is 1. The maximum absolute atomic E-state index is 13.2. The molecule has 1 N–H and O–H groups in total. The zero-order valence-electron chi connectivity index (χ0n) is 18.1. The Morgan fingerprint density at radius 2 is 1.61 bits per heavy atom. The van der Waals surface area contributed by atoms with Crippen LogP contribution in [0.2, 0.25) is 0 Å². The first-order chi connectivity index (χ1) is 15.0. The minimum atomic E-state index is -3.51. The van der Waals surface area contributed by atoms with Crippen LogP contribution in [0, 0.1) is 0 Å². The molecule has 6 nitrogen and oxygen atoms in total. The van der Waals surface area contributed by atoms with E-state index in [0.29, 0.717) is 12.1 Å². The summed E-state index contributed by atoms with van der Waals surface area (Å²) in [6, 6.07) is 14.9. The van der Waals surface area contributed by atoms with Gasteiger partial charge < -0.3 is 10.2 Å². The molecule has 2 aliphatic rings. The van der Waals surface area contributed by atoms with E-state index in [4.69, 9.17) is 0 Å². The fourth-order valence-corrected chi connectivity index (χ4v) is 5.72. The molecule has 4 rings (SSSR count). The second-order valence-corrected chi connectivity index (χ2v) is 10.6. The van der Waals surface area contributed by atoms with Crippen molar-refractivity contribution in [2.24, 2.45) is 0 Å². The van der Waals surface area contributed by atoms with Crippen molar-refractivity contribution in [2.75, 3.05) is 29.1 Å². The summed E-state index contributed by atoms with van der Waals surface area (Å²) in [7, 11) is -3.51. The summed E-state index contributed by atoms with van der Waals surface area (Å²) in [5, 5.41) is 2.95. The van der Waals surface area contributed by atoms with Gasteiger partial charge in [-0.15, -0.1) is 0 Å². The smallest absolute Gasteiger partial charge is 0.243 e. The summed E-state index contributed by atoms with van der Waals surface area (Å²) in [5.74, 6) is -0.308. The molecule has 1 atom stereocenters. The van der Waals surface area contributed by atoms with Crippen LogP contribution < -0.4 is 10.2 Å². The van der Waals surface area contributed by atoms with Gasteiger partial charge in [0.1, 0.15) is 6.04 Å². The fourth-order valence-electron chi connectivity index (χ4n) is 4.49. The summed E-state index contributed by atoms with van der Waals surface area (Å²) in [4.78, 5) is 15.5. The van der Waals surface area contributed by atoms with Crippen molar-refractivity contribution in [1.82, 2.24) is 4.31 Å². The number of benzene rings is 2. The van der Waals surface area contributed by atoms with Crippen molar-refractivity contribution in [3.05, 3.63) is 59.7 Å². The van der Waals surface area contributed by atoms with Gasteiger partial charge in [0.15, 0.2) is 0 Å². The van der Waals surface area contributed by atoms with Crippen LogP contribution in [-0.2, 0) is 27.8 Å². The molecule has 2 aliphatic heterocycles. The van der Waals surface area contributed by atoms with Crippen LogP contribution in [0.15, 0.2) is 48.5 Å². The third-order valence-electron chi connectivity index (χ3n) is 6.34. The molecule has 0 unspecified atom stereocenters. The zero-order chi connectivity index (χ0) is 21.8. The molecular formula is C24H31N3O3S. The number of nitrogens with one attached hydrogen (secondary N) is 1. The Kier molecular flexibility index (Phi) is 6.62. The number of anilines is 2. The van der Waals surface area contributed by atoms with Gasteiger partial charge in [0.25, 0.3) is 0 Å². The van der Waals surface area contributed by atoms with Gasteiger partial charge in [-0.05, 0) is 61.6 Å². The summed E-state index contributed by atoms with van der Waals surface area (Å²) in [6.45, 7) is 3.98. The number of rotatable bonds is 5. The number of nitrogens with zero attached hydrogens (tertiary/aromatic N) is 2. The molecule has 0 saturated carbocycles. The van der Waals surface area contributed by atoms with Gasteiger partial charge in [-0.25, -0.2) is 8.42 Å². The lowest BCUT2D eigenvalue weighted by atomic mass is 9.95. The van der Waals surface area contributed by atoms with Crippen LogP contribution in [-0.4, -0.2) is 43.5 Å². The van der Waals surface area contributed by atoms with Gasteiger partial charge in [-0.1, -0.05) is 37.1 Å². The summed E-state index contributed by atoms with van der Waals surface area (Å²) in [6.07, 6.45) is 5.37. The molecule has 31 heavy (non-hydrogen) atoms. The lowest BCUT2D eigenvalue weighted by molar-refractivity contribution is -0.120. The first kappa shape index (κ1) is 21.8. The quantitative estimate of drug-likeness (QED) is 0.767. The van der Waals surface area contributed by atoms with E-state index in [9.17, 15) is 13.2 Å². The predicted molar refractivity (Wildman–Crippen MR) is 125 cm³/mol. The van der Waals surface area contributed by atoms with Crippen LogP contribution in [0.5, 0.6) is 0 Å². The van der Waals surface area contributed by atoms with E-state index in [2.05, 4.69) is 10.2 Å². The largest absolute Gasteiger partial charge is 0.372 e. The van der Waals surface area contributed by atoms with Crippen LogP contribution >= 0.6 is 0 Å². The van der Waals surface area contributed by atoms with Crippen molar-refractivity contribution >= 4 is 27.3 Å². The fraction of sp³-hybridized carbons (Fsp3) is 0.458. The van der Waals surface area contributed by atoms with Crippen LogP contribution in [0.3, 0.4) is 0 Å². The van der Waals surface area contributed by atoms with Crippen molar-refractivity contribution in [3.63, 3.8) is 0 Å². The minimum Gasteiger partial charge on any atom is -0.372 e. The molecule has 0 radical (unpaired) electrons. The first-order valence-corrected chi connectivity index (χ1v) is 12.8. The van der Waals surface area contributed by atoms with Crippen LogP contribution in [0.25, 0.3) is 0 Å². The van der Waals surface area contributed by atoms with E-state index in [-0.39, 0.29) is 18.2 Å². The third kappa shape index (κ3) is 4.93.